The van der Waals surface area contributed by atoms with Gasteiger partial charge in [0.15, 0.2) is 0 Å². The maximum Gasteiger partial charge on any atom is 0.353 e. The van der Waals surface area contributed by atoms with Crippen molar-refractivity contribution in [1.82, 2.24) is 0 Å². The fourth-order valence-electron chi connectivity index (χ4n) is 0.795. The molecule has 0 rings (SSSR count). The number of esters is 1. The third kappa shape index (κ3) is 6.44. The quantitative estimate of drug-likeness (QED) is 0.264. The summed E-state index contributed by atoms with van der Waals surface area (Å²) in [5.74, 6) is -0.927. The van der Waals surface area contributed by atoms with Crippen LogP contribution in [0.3, 0.4) is 0 Å². The summed E-state index contributed by atoms with van der Waals surface area (Å²) in [5.41, 5.74) is 3.21. The lowest BCUT2D eigenvalue weighted by molar-refractivity contribution is -0.179. The first-order chi connectivity index (χ1) is 8.49. The SMILES string of the molecule is C=C(N)/C(=N/OC(C)(C)C(=O)OC(C)(C)C)OC=O. The van der Waals surface area contributed by atoms with Gasteiger partial charge in [-0.25, -0.2) is 4.79 Å². The van der Waals surface area contributed by atoms with E-state index in [-0.39, 0.29) is 18.1 Å². The van der Waals surface area contributed by atoms with Crippen molar-refractivity contribution in [3.05, 3.63) is 12.3 Å². The molecule has 0 spiro atoms. The third-order valence-corrected chi connectivity index (χ3v) is 1.68. The van der Waals surface area contributed by atoms with Crippen LogP contribution in [-0.4, -0.2) is 29.5 Å². The zero-order valence-electron chi connectivity index (χ0n) is 11.9. The van der Waals surface area contributed by atoms with Gasteiger partial charge in [-0.05, 0) is 39.8 Å². The largest absolute Gasteiger partial charge is 0.457 e. The maximum atomic E-state index is 11.8. The van der Waals surface area contributed by atoms with E-state index in [1.54, 1.807) is 20.8 Å². The molecular formula is C12H20N2O5. The maximum absolute atomic E-state index is 11.8. The van der Waals surface area contributed by atoms with Crippen molar-refractivity contribution >= 4 is 18.3 Å². The van der Waals surface area contributed by atoms with Crippen LogP contribution in [0.2, 0.25) is 0 Å². The van der Waals surface area contributed by atoms with Crippen molar-refractivity contribution < 1.29 is 23.9 Å². The summed E-state index contributed by atoms with van der Waals surface area (Å²) in [4.78, 5) is 27.1. The number of rotatable bonds is 5. The van der Waals surface area contributed by atoms with Crippen molar-refractivity contribution in [3.63, 3.8) is 0 Å². The van der Waals surface area contributed by atoms with Crippen LogP contribution >= 0.6 is 0 Å². The average Bonchev–Trinajstić information content (AvgIpc) is 2.21. The minimum Gasteiger partial charge on any atom is -0.457 e. The van der Waals surface area contributed by atoms with Gasteiger partial charge in [0.25, 0.3) is 12.4 Å². The van der Waals surface area contributed by atoms with Crippen LogP contribution in [0.4, 0.5) is 0 Å². The predicted octanol–water partition coefficient (Wildman–Crippen LogP) is 1.08. The molecule has 0 saturated heterocycles. The summed E-state index contributed by atoms with van der Waals surface area (Å²) >= 11 is 0. The normalized spacial score (nSPS) is 12.6. The minimum atomic E-state index is -1.36. The summed E-state index contributed by atoms with van der Waals surface area (Å²) < 4.78 is 9.61. The highest BCUT2D eigenvalue weighted by Crippen LogP contribution is 2.18. The fourth-order valence-corrected chi connectivity index (χ4v) is 0.795. The van der Waals surface area contributed by atoms with Gasteiger partial charge in [0.05, 0.1) is 5.70 Å². The molecule has 108 valence electrons. The summed E-state index contributed by atoms with van der Waals surface area (Å²) in [5, 5.41) is 3.47. The van der Waals surface area contributed by atoms with Gasteiger partial charge >= 0.3 is 5.97 Å². The smallest absolute Gasteiger partial charge is 0.353 e. The van der Waals surface area contributed by atoms with Crippen LogP contribution < -0.4 is 5.73 Å². The van der Waals surface area contributed by atoms with Gasteiger partial charge in [0.2, 0.25) is 5.60 Å². The van der Waals surface area contributed by atoms with Crippen LogP contribution in [0, 0.1) is 0 Å². The van der Waals surface area contributed by atoms with Gasteiger partial charge in [-0.15, -0.1) is 0 Å². The van der Waals surface area contributed by atoms with E-state index in [2.05, 4.69) is 16.5 Å². The van der Waals surface area contributed by atoms with E-state index in [4.69, 9.17) is 15.3 Å². The van der Waals surface area contributed by atoms with Crippen LogP contribution in [0.5, 0.6) is 0 Å². The Kier molecular flexibility index (Phi) is 5.54. The van der Waals surface area contributed by atoms with E-state index in [1.165, 1.54) is 13.8 Å². The van der Waals surface area contributed by atoms with Gasteiger partial charge in [-0.3, -0.25) is 4.79 Å². The van der Waals surface area contributed by atoms with Crippen LogP contribution in [0.1, 0.15) is 34.6 Å². The second-order valence-corrected chi connectivity index (χ2v) is 5.24. The third-order valence-electron chi connectivity index (χ3n) is 1.68. The summed E-state index contributed by atoms with van der Waals surface area (Å²) in [6.45, 7) is 11.6. The number of hydrogen-bond donors (Lipinski definition) is 1. The second kappa shape index (κ2) is 6.21. The predicted molar refractivity (Wildman–Crippen MR) is 68.9 cm³/mol. The number of hydrogen-bond acceptors (Lipinski definition) is 7. The zero-order valence-corrected chi connectivity index (χ0v) is 11.9. The van der Waals surface area contributed by atoms with E-state index >= 15 is 0 Å². The lowest BCUT2D eigenvalue weighted by Crippen LogP contribution is -2.40. The first-order valence-corrected chi connectivity index (χ1v) is 5.54. The van der Waals surface area contributed by atoms with E-state index in [9.17, 15) is 9.59 Å². The van der Waals surface area contributed by atoms with Crippen LogP contribution in [0.25, 0.3) is 0 Å². The summed E-state index contributed by atoms with van der Waals surface area (Å²) in [6, 6.07) is 0. The Hall–Kier alpha value is -2.05. The van der Waals surface area contributed by atoms with Gasteiger partial charge in [0, 0.05) is 0 Å². The first kappa shape index (κ1) is 16.9. The van der Waals surface area contributed by atoms with Crippen molar-refractivity contribution in [3.8, 4) is 0 Å². The molecule has 7 nitrogen and oxygen atoms in total. The van der Waals surface area contributed by atoms with Gasteiger partial charge in [-0.2, -0.15) is 0 Å². The average molecular weight is 272 g/mol. The Bertz CT molecular complexity index is 393. The highest BCUT2D eigenvalue weighted by molar-refractivity contribution is 5.95. The molecule has 0 aromatic heterocycles. The van der Waals surface area contributed by atoms with Gasteiger partial charge in [-0.1, -0.05) is 6.58 Å². The number of carbonyl (C=O) groups is 2. The summed E-state index contributed by atoms with van der Waals surface area (Å²) in [6.07, 6.45) is 0. The Morgan fingerprint density at radius 3 is 2.16 bits per heavy atom. The number of ether oxygens (including phenoxy) is 2. The Labute approximate surface area is 112 Å². The minimum absolute atomic E-state index is 0.105. The highest BCUT2D eigenvalue weighted by atomic mass is 16.7. The van der Waals surface area contributed by atoms with Crippen molar-refractivity contribution in [2.24, 2.45) is 10.9 Å². The number of nitrogens with two attached hydrogens (primary N) is 1. The topological polar surface area (TPSA) is 100 Å². The molecule has 0 amide bonds. The fraction of sp³-hybridized carbons (Fsp3) is 0.583. The molecule has 0 aromatic carbocycles. The molecule has 0 radical (unpaired) electrons. The number of oxime groups is 1. The lowest BCUT2D eigenvalue weighted by Gasteiger charge is -2.26. The monoisotopic (exact) mass is 272 g/mol. The first-order valence-electron chi connectivity index (χ1n) is 5.54. The van der Waals surface area contributed by atoms with E-state index in [0.29, 0.717) is 0 Å². The molecule has 0 fully saturated rings. The molecule has 0 aliphatic rings. The molecule has 0 aliphatic carbocycles. The number of nitrogens with zero attached hydrogens (tertiary/aromatic N) is 1. The number of carbonyl (C=O) groups excluding carboxylic acids is 2. The zero-order chi connectivity index (χ0) is 15.3. The van der Waals surface area contributed by atoms with E-state index in [1.807, 2.05) is 0 Å². The molecule has 7 heteroatoms. The molecule has 2 N–H and O–H groups in total. The van der Waals surface area contributed by atoms with E-state index < -0.39 is 17.2 Å². The molecule has 0 bridgehead atoms. The Balaban J connectivity index is 4.84. The molecule has 0 aromatic rings. The van der Waals surface area contributed by atoms with Crippen molar-refractivity contribution in [2.45, 2.75) is 45.8 Å². The van der Waals surface area contributed by atoms with Crippen molar-refractivity contribution in [1.29, 1.82) is 0 Å². The van der Waals surface area contributed by atoms with Crippen molar-refractivity contribution in [2.75, 3.05) is 0 Å². The lowest BCUT2D eigenvalue weighted by atomic mass is 10.1. The van der Waals surface area contributed by atoms with Crippen LogP contribution in [-0.2, 0) is 23.9 Å². The highest BCUT2D eigenvalue weighted by Gasteiger charge is 2.35. The van der Waals surface area contributed by atoms with Gasteiger partial charge < -0.3 is 20.0 Å². The molecule has 19 heavy (non-hydrogen) atoms. The van der Waals surface area contributed by atoms with E-state index in [0.717, 1.165) is 0 Å². The molecular weight excluding hydrogens is 252 g/mol. The Morgan fingerprint density at radius 2 is 1.79 bits per heavy atom. The Morgan fingerprint density at radius 1 is 1.26 bits per heavy atom. The molecule has 0 saturated carbocycles. The van der Waals surface area contributed by atoms with Gasteiger partial charge in [0.1, 0.15) is 5.60 Å². The molecule has 0 unspecified atom stereocenters. The standard InChI is InChI=1S/C12H20N2O5/c1-8(13)9(17-7-15)14-19-12(5,6)10(16)18-11(2,3)4/h7H,1,13H2,2-6H3/b14-9-. The molecule has 0 atom stereocenters. The molecule has 0 heterocycles. The van der Waals surface area contributed by atoms with Crippen LogP contribution in [0.15, 0.2) is 17.4 Å². The summed E-state index contributed by atoms with van der Waals surface area (Å²) in [7, 11) is 0. The second-order valence-electron chi connectivity index (χ2n) is 5.24. The molecule has 0 aliphatic heterocycles.